The highest BCUT2D eigenvalue weighted by atomic mass is 16.5. The Labute approximate surface area is 209 Å². The van der Waals surface area contributed by atoms with E-state index in [1.54, 1.807) is 17.0 Å². The van der Waals surface area contributed by atoms with Crippen LogP contribution in [0.5, 0.6) is 5.75 Å². The van der Waals surface area contributed by atoms with Gasteiger partial charge in [-0.3, -0.25) is 9.59 Å². The Kier molecular flexibility index (Phi) is 8.73. The molecule has 1 saturated heterocycles. The molecule has 0 spiro atoms. The zero-order valence-electron chi connectivity index (χ0n) is 21.8. The Morgan fingerprint density at radius 1 is 1.06 bits per heavy atom. The molecule has 3 rings (SSSR count). The molecule has 1 heterocycles. The quantitative estimate of drug-likeness (QED) is 0.292. The summed E-state index contributed by atoms with van der Waals surface area (Å²) in [4.78, 5) is 30.2. The van der Waals surface area contributed by atoms with Crippen molar-refractivity contribution >= 4 is 17.4 Å². The van der Waals surface area contributed by atoms with Gasteiger partial charge in [-0.2, -0.15) is 0 Å². The number of amides is 1. The highest BCUT2D eigenvalue weighted by Gasteiger charge is 2.45. The van der Waals surface area contributed by atoms with Crippen molar-refractivity contribution in [3.05, 3.63) is 70.3 Å². The number of likely N-dealkylation sites (tertiary alicyclic amines) is 1. The third-order valence-electron chi connectivity index (χ3n) is 6.51. The Bertz CT molecular complexity index is 1080. The molecule has 2 aromatic carbocycles. The second kappa shape index (κ2) is 11.5. The maximum Gasteiger partial charge on any atom is 0.295 e. The minimum absolute atomic E-state index is 0.133. The molecule has 188 valence electrons. The van der Waals surface area contributed by atoms with Gasteiger partial charge in [-0.25, -0.2) is 0 Å². The van der Waals surface area contributed by atoms with Gasteiger partial charge in [0.1, 0.15) is 11.5 Å². The summed E-state index contributed by atoms with van der Waals surface area (Å²) in [5, 5.41) is 11.3. The summed E-state index contributed by atoms with van der Waals surface area (Å²) in [6.07, 6.45) is 0. The van der Waals surface area contributed by atoms with E-state index in [9.17, 15) is 14.7 Å². The van der Waals surface area contributed by atoms with Crippen molar-refractivity contribution in [3.63, 3.8) is 0 Å². The van der Waals surface area contributed by atoms with E-state index in [0.29, 0.717) is 31.2 Å². The number of ether oxygens (including phenoxy) is 1. The summed E-state index contributed by atoms with van der Waals surface area (Å²) in [5.41, 5.74) is 3.38. The van der Waals surface area contributed by atoms with Crippen molar-refractivity contribution in [2.24, 2.45) is 5.92 Å². The van der Waals surface area contributed by atoms with Crippen LogP contribution < -0.4 is 4.74 Å². The molecule has 6 heteroatoms. The Morgan fingerprint density at radius 3 is 2.29 bits per heavy atom. The summed E-state index contributed by atoms with van der Waals surface area (Å²) in [5.74, 6) is -0.240. The van der Waals surface area contributed by atoms with Crippen LogP contribution in [0.2, 0.25) is 0 Å². The molecule has 2 aromatic rings. The second-order valence-electron chi connectivity index (χ2n) is 9.62. The fraction of sp³-hybridized carbons (Fsp3) is 0.448. The molecule has 35 heavy (non-hydrogen) atoms. The van der Waals surface area contributed by atoms with Crippen molar-refractivity contribution in [2.45, 2.75) is 47.6 Å². The zero-order chi connectivity index (χ0) is 25.7. The average Bonchev–Trinajstić information content (AvgIpc) is 3.08. The number of aliphatic hydroxyl groups excluding tert-OH is 1. The molecule has 6 nitrogen and oxygen atoms in total. The van der Waals surface area contributed by atoms with Gasteiger partial charge in [-0.15, -0.1) is 0 Å². The number of carbonyl (C=O) groups excluding carboxylic acids is 2. The van der Waals surface area contributed by atoms with Crippen molar-refractivity contribution in [1.29, 1.82) is 0 Å². The van der Waals surface area contributed by atoms with Crippen LogP contribution in [0.4, 0.5) is 0 Å². The molecular formula is C29H38N2O4. The maximum absolute atomic E-state index is 13.2. The predicted octanol–water partition coefficient (Wildman–Crippen LogP) is 5.10. The van der Waals surface area contributed by atoms with E-state index in [-0.39, 0.29) is 11.3 Å². The van der Waals surface area contributed by atoms with Gasteiger partial charge < -0.3 is 19.6 Å². The number of Topliss-reactive ketones (excluding diaryl/α,β-unsaturated/α-hetero) is 1. The summed E-state index contributed by atoms with van der Waals surface area (Å²) in [6, 6.07) is 12.5. The summed E-state index contributed by atoms with van der Waals surface area (Å²) in [6.45, 7) is 15.6. The standard InChI is InChI=1S/C29H38N2O4/c1-7-30(8-2)15-16-31-26(22-11-9-20(5)10-12-22)25(28(33)29(31)34)27(32)23-13-14-24(21(6)17-23)35-18-19(3)4/h9-14,17,19,26,32H,7-8,15-16,18H2,1-6H3/b27-25-. The molecule has 1 amide bonds. The van der Waals surface area contributed by atoms with E-state index in [1.165, 1.54) is 0 Å². The number of aryl methyl sites for hydroxylation is 2. The van der Waals surface area contributed by atoms with Crippen LogP contribution in [0.1, 0.15) is 56.0 Å². The lowest BCUT2D eigenvalue weighted by atomic mass is 9.94. The average molecular weight is 479 g/mol. The Morgan fingerprint density at radius 2 is 1.71 bits per heavy atom. The van der Waals surface area contributed by atoms with E-state index in [0.717, 1.165) is 35.5 Å². The number of likely N-dealkylation sites (N-methyl/N-ethyl adjacent to an activating group) is 1. The molecule has 1 unspecified atom stereocenters. The van der Waals surface area contributed by atoms with E-state index >= 15 is 0 Å². The van der Waals surface area contributed by atoms with E-state index < -0.39 is 17.7 Å². The molecule has 0 aliphatic carbocycles. The smallest absolute Gasteiger partial charge is 0.295 e. The fourth-order valence-corrected chi connectivity index (χ4v) is 4.37. The first-order valence-electron chi connectivity index (χ1n) is 12.5. The Balaban J connectivity index is 2.04. The van der Waals surface area contributed by atoms with Crippen molar-refractivity contribution in [2.75, 3.05) is 32.8 Å². The minimum atomic E-state index is -0.648. The van der Waals surface area contributed by atoms with E-state index in [4.69, 9.17) is 4.74 Å². The third kappa shape index (κ3) is 5.93. The molecule has 0 saturated carbocycles. The van der Waals surface area contributed by atoms with E-state index in [2.05, 4.69) is 32.6 Å². The molecule has 1 atom stereocenters. The summed E-state index contributed by atoms with van der Waals surface area (Å²) < 4.78 is 5.86. The lowest BCUT2D eigenvalue weighted by Crippen LogP contribution is -2.38. The molecule has 1 fully saturated rings. The van der Waals surface area contributed by atoms with Crippen LogP contribution in [-0.2, 0) is 9.59 Å². The van der Waals surface area contributed by atoms with Crippen LogP contribution in [0, 0.1) is 19.8 Å². The predicted molar refractivity (Wildman–Crippen MR) is 139 cm³/mol. The monoisotopic (exact) mass is 478 g/mol. The normalized spacial score (nSPS) is 17.6. The number of ketones is 1. The first kappa shape index (κ1) is 26.5. The van der Waals surface area contributed by atoms with Gasteiger partial charge in [0.15, 0.2) is 0 Å². The molecule has 0 bridgehead atoms. The zero-order valence-corrected chi connectivity index (χ0v) is 21.8. The summed E-state index contributed by atoms with van der Waals surface area (Å²) in [7, 11) is 0. The number of aliphatic hydroxyl groups is 1. The van der Waals surface area contributed by atoms with Gasteiger partial charge in [0, 0.05) is 18.7 Å². The minimum Gasteiger partial charge on any atom is -0.507 e. The number of hydrogen-bond donors (Lipinski definition) is 1. The van der Waals surface area contributed by atoms with E-state index in [1.807, 2.05) is 44.2 Å². The lowest BCUT2D eigenvalue weighted by molar-refractivity contribution is -0.140. The van der Waals surface area contributed by atoms with Gasteiger partial charge in [0.25, 0.3) is 11.7 Å². The number of nitrogens with zero attached hydrogens (tertiary/aromatic N) is 2. The molecular weight excluding hydrogens is 440 g/mol. The largest absolute Gasteiger partial charge is 0.507 e. The van der Waals surface area contributed by atoms with Gasteiger partial charge >= 0.3 is 0 Å². The molecule has 0 radical (unpaired) electrons. The van der Waals surface area contributed by atoms with Crippen LogP contribution in [0.25, 0.3) is 5.76 Å². The SMILES string of the molecule is CCN(CC)CCN1C(=O)C(=O)/C(=C(\O)c2ccc(OCC(C)C)c(C)c2)C1c1ccc(C)cc1. The van der Waals surface area contributed by atoms with Crippen molar-refractivity contribution in [3.8, 4) is 5.75 Å². The van der Waals surface area contributed by atoms with Crippen LogP contribution in [0.15, 0.2) is 48.0 Å². The number of rotatable bonds is 10. The number of carbonyl (C=O) groups is 2. The van der Waals surface area contributed by atoms with Crippen LogP contribution in [0.3, 0.4) is 0 Å². The topological polar surface area (TPSA) is 70.1 Å². The molecule has 1 aliphatic rings. The number of hydrogen-bond acceptors (Lipinski definition) is 5. The van der Waals surface area contributed by atoms with Crippen LogP contribution >= 0.6 is 0 Å². The molecule has 0 aromatic heterocycles. The van der Waals surface area contributed by atoms with Gasteiger partial charge in [0.2, 0.25) is 0 Å². The highest BCUT2D eigenvalue weighted by molar-refractivity contribution is 6.46. The third-order valence-corrected chi connectivity index (χ3v) is 6.51. The number of benzene rings is 2. The second-order valence-corrected chi connectivity index (χ2v) is 9.62. The summed E-state index contributed by atoms with van der Waals surface area (Å²) >= 11 is 0. The van der Waals surface area contributed by atoms with Crippen molar-refractivity contribution < 1.29 is 19.4 Å². The fourth-order valence-electron chi connectivity index (χ4n) is 4.37. The highest BCUT2D eigenvalue weighted by Crippen LogP contribution is 2.39. The molecule has 1 aliphatic heterocycles. The van der Waals surface area contributed by atoms with Gasteiger partial charge in [-0.05, 0) is 62.2 Å². The lowest BCUT2D eigenvalue weighted by Gasteiger charge is -2.28. The van der Waals surface area contributed by atoms with Gasteiger partial charge in [-0.1, -0.05) is 57.5 Å². The first-order valence-corrected chi connectivity index (χ1v) is 12.5. The first-order chi connectivity index (χ1) is 16.7. The maximum atomic E-state index is 13.2. The Hall–Kier alpha value is -3.12. The van der Waals surface area contributed by atoms with Crippen molar-refractivity contribution in [1.82, 2.24) is 9.80 Å². The van der Waals surface area contributed by atoms with Gasteiger partial charge in [0.05, 0.1) is 18.2 Å². The van der Waals surface area contributed by atoms with Crippen LogP contribution in [-0.4, -0.2) is 59.4 Å². The molecule has 1 N–H and O–H groups in total.